The monoisotopic (exact) mass is 521 g/mol. The largest absolute Gasteiger partial charge is 0.489 e. The van der Waals surface area contributed by atoms with Crippen LogP contribution in [-0.4, -0.2) is 58.2 Å². The van der Waals surface area contributed by atoms with Gasteiger partial charge >= 0.3 is 0 Å². The highest BCUT2D eigenvalue weighted by Gasteiger charge is 2.50. The highest BCUT2D eigenvalue weighted by Crippen LogP contribution is 2.51. The lowest BCUT2D eigenvalue weighted by atomic mass is 9.63. The Balaban J connectivity index is 1.24. The molecule has 0 radical (unpaired) electrons. The zero-order chi connectivity index (χ0) is 25.6. The van der Waals surface area contributed by atoms with Gasteiger partial charge in [0.15, 0.2) is 21.2 Å². The van der Waals surface area contributed by atoms with Gasteiger partial charge in [-0.25, -0.2) is 12.9 Å². The molecule has 1 aliphatic heterocycles. The zero-order valence-electron chi connectivity index (χ0n) is 21.0. The van der Waals surface area contributed by atoms with E-state index < -0.39 is 9.84 Å². The first kappa shape index (κ1) is 23.9. The number of hydrogen-bond donors (Lipinski definition) is 3. The minimum atomic E-state index is -3.36. The molecule has 3 aromatic heterocycles. The van der Waals surface area contributed by atoms with Crippen molar-refractivity contribution in [2.75, 3.05) is 25.0 Å². The lowest BCUT2D eigenvalue weighted by Crippen LogP contribution is -2.50. The molecule has 2 fully saturated rings. The molecule has 0 unspecified atom stereocenters. The summed E-state index contributed by atoms with van der Waals surface area (Å²) in [5.74, 6) is 1.02. The molecule has 4 aromatic rings. The average Bonchev–Trinajstić information content (AvgIpc) is 3.55. The number of nitrogens with one attached hydrogen (secondary N) is 3. The highest BCUT2D eigenvalue weighted by molar-refractivity contribution is 7.92. The molecule has 1 saturated carbocycles. The van der Waals surface area contributed by atoms with Gasteiger partial charge in [-0.05, 0) is 87.9 Å². The van der Waals surface area contributed by atoms with E-state index in [9.17, 15) is 8.42 Å². The summed E-state index contributed by atoms with van der Waals surface area (Å²) in [6.07, 6.45) is 9.04. The van der Waals surface area contributed by atoms with Crippen molar-refractivity contribution < 1.29 is 13.2 Å². The second-order valence-electron chi connectivity index (χ2n) is 10.1. The minimum absolute atomic E-state index is 0.214. The van der Waals surface area contributed by atoms with E-state index in [-0.39, 0.29) is 10.7 Å². The van der Waals surface area contributed by atoms with E-state index >= 15 is 0 Å². The number of aromatic amines is 1. The van der Waals surface area contributed by atoms with Crippen molar-refractivity contribution in [3.05, 3.63) is 48.4 Å². The Morgan fingerprint density at radius 2 is 2.03 bits per heavy atom. The summed E-state index contributed by atoms with van der Waals surface area (Å²) in [7, 11) is -3.36. The van der Waals surface area contributed by atoms with Crippen LogP contribution in [0.4, 0.5) is 11.6 Å². The summed E-state index contributed by atoms with van der Waals surface area (Å²) in [5, 5.41) is 17.8. The van der Waals surface area contributed by atoms with E-state index in [1.807, 2.05) is 26.1 Å². The number of pyridine rings is 1. The van der Waals surface area contributed by atoms with Crippen molar-refractivity contribution in [1.29, 1.82) is 0 Å². The smallest absolute Gasteiger partial charge is 0.247 e. The number of sulfone groups is 1. The summed E-state index contributed by atoms with van der Waals surface area (Å²) in [5.41, 5.74) is 4.14. The molecule has 10 nitrogen and oxygen atoms in total. The third kappa shape index (κ3) is 4.25. The molecule has 0 atom stereocenters. The van der Waals surface area contributed by atoms with Crippen LogP contribution in [0.25, 0.3) is 16.8 Å². The summed E-state index contributed by atoms with van der Waals surface area (Å²) in [6, 6.07) is 7.16. The topological polar surface area (TPSA) is 126 Å². The van der Waals surface area contributed by atoms with Crippen LogP contribution in [0.1, 0.15) is 38.2 Å². The number of aromatic nitrogens is 5. The molecule has 3 N–H and O–H groups in total. The number of rotatable bonds is 7. The van der Waals surface area contributed by atoms with Crippen molar-refractivity contribution in [3.8, 4) is 16.9 Å². The fourth-order valence-corrected chi connectivity index (χ4v) is 7.78. The van der Waals surface area contributed by atoms with Gasteiger partial charge in [0.2, 0.25) is 5.95 Å². The molecule has 1 spiro atoms. The Kier molecular flexibility index (Phi) is 5.91. The predicted octanol–water partition coefficient (Wildman–Crippen LogP) is 3.88. The Morgan fingerprint density at radius 3 is 2.73 bits per heavy atom. The van der Waals surface area contributed by atoms with E-state index in [0.29, 0.717) is 28.8 Å². The van der Waals surface area contributed by atoms with Gasteiger partial charge in [0.05, 0.1) is 22.9 Å². The van der Waals surface area contributed by atoms with Gasteiger partial charge in [0.25, 0.3) is 0 Å². The first-order chi connectivity index (χ1) is 17.9. The maximum absolute atomic E-state index is 13.3. The lowest BCUT2D eigenvalue weighted by molar-refractivity contribution is 0.0901. The predicted molar refractivity (Wildman–Crippen MR) is 141 cm³/mol. The maximum Gasteiger partial charge on any atom is 0.247 e. The third-order valence-electron chi connectivity index (χ3n) is 7.76. The number of fused-ring (bicyclic) bond motifs is 1. The van der Waals surface area contributed by atoms with E-state index in [1.54, 1.807) is 35.1 Å². The Bertz CT molecular complexity index is 1530. The quantitative estimate of drug-likeness (QED) is 0.335. The molecule has 6 rings (SSSR count). The van der Waals surface area contributed by atoms with E-state index in [4.69, 9.17) is 4.74 Å². The van der Waals surface area contributed by atoms with Crippen molar-refractivity contribution in [2.24, 2.45) is 5.41 Å². The zero-order valence-corrected chi connectivity index (χ0v) is 21.8. The van der Waals surface area contributed by atoms with Crippen molar-refractivity contribution in [1.82, 2.24) is 30.1 Å². The third-order valence-corrected chi connectivity index (χ3v) is 9.88. The van der Waals surface area contributed by atoms with Crippen LogP contribution in [0.2, 0.25) is 0 Å². The van der Waals surface area contributed by atoms with Crippen LogP contribution in [-0.2, 0) is 9.84 Å². The van der Waals surface area contributed by atoms with Crippen molar-refractivity contribution in [2.45, 2.75) is 49.7 Å². The molecule has 194 valence electrons. The molecule has 0 amide bonds. The van der Waals surface area contributed by atoms with Gasteiger partial charge in [-0.2, -0.15) is 10.1 Å². The van der Waals surface area contributed by atoms with Crippen LogP contribution in [0, 0.1) is 12.3 Å². The number of nitrogens with zero attached hydrogens (tertiary/aromatic N) is 4. The summed E-state index contributed by atoms with van der Waals surface area (Å²) in [4.78, 5) is 5.05. The lowest BCUT2D eigenvalue weighted by Gasteiger charge is -2.49. The normalized spacial score (nSPS) is 17.7. The standard InChI is InChI=1S/C26H31N7O3S/c1-3-36-23-21(18-15-28-29-16-18)6-11-33-24(23)31-25(32-33)30-22-5-4-19(12-17(22)2)37(34,35)20-13-26(14-20)7-9-27-10-8-26/h4-6,11-12,15-16,20,27H,3,7-10,13-14H2,1-2H3,(H,28,29)(H,30,32). The molecule has 1 saturated heterocycles. The summed E-state index contributed by atoms with van der Waals surface area (Å²) < 4.78 is 34.2. The number of anilines is 2. The number of ether oxygens (including phenoxy) is 1. The SMILES string of the molecule is CCOc1c(-c2cn[nH]c2)ccn2nc(Nc3ccc(S(=O)(=O)C4CC5(CCNCC5)C4)cc3C)nc12. The van der Waals surface area contributed by atoms with E-state index in [2.05, 4.69) is 30.9 Å². The summed E-state index contributed by atoms with van der Waals surface area (Å²) in [6.45, 7) is 6.27. The molecular weight excluding hydrogens is 490 g/mol. The van der Waals surface area contributed by atoms with Crippen LogP contribution in [0.15, 0.2) is 47.8 Å². The number of piperidine rings is 1. The van der Waals surface area contributed by atoms with Gasteiger partial charge in [0.1, 0.15) is 0 Å². The number of benzene rings is 1. The summed E-state index contributed by atoms with van der Waals surface area (Å²) >= 11 is 0. The van der Waals surface area contributed by atoms with Crippen molar-refractivity contribution >= 4 is 27.1 Å². The molecule has 4 heterocycles. The van der Waals surface area contributed by atoms with Crippen LogP contribution >= 0.6 is 0 Å². The molecule has 1 aliphatic carbocycles. The van der Waals surface area contributed by atoms with Crippen molar-refractivity contribution in [3.63, 3.8) is 0 Å². The Labute approximate surface area is 215 Å². The number of aryl methyl sites for hydroxylation is 1. The molecule has 37 heavy (non-hydrogen) atoms. The average molecular weight is 522 g/mol. The molecular formula is C26H31N7O3S. The molecule has 0 bridgehead atoms. The molecule has 1 aromatic carbocycles. The van der Waals surface area contributed by atoms with Gasteiger partial charge in [0, 0.05) is 29.2 Å². The Morgan fingerprint density at radius 1 is 1.22 bits per heavy atom. The number of H-pyrrole nitrogens is 1. The van der Waals surface area contributed by atoms with Crippen LogP contribution in [0.5, 0.6) is 5.75 Å². The van der Waals surface area contributed by atoms with E-state index in [0.717, 1.165) is 61.2 Å². The minimum Gasteiger partial charge on any atom is -0.489 e. The second-order valence-corrected chi connectivity index (χ2v) is 12.3. The van der Waals surface area contributed by atoms with Gasteiger partial charge in [-0.15, -0.1) is 5.10 Å². The van der Waals surface area contributed by atoms with E-state index in [1.165, 1.54) is 0 Å². The Hall–Kier alpha value is -3.44. The van der Waals surface area contributed by atoms with Gasteiger partial charge in [-0.3, -0.25) is 5.10 Å². The van der Waals surface area contributed by atoms with Gasteiger partial charge in [-0.1, -0.05) is 0 Å². The highest BCUT2D eigenvalue weighted by atomic mass is 32.2. The number of hydrogen-bond acceptors (Lipinski definition) is 8. The first-order valence-corrected chi connectivity index (χ1v) is 14.3. The van der Waals surface area contributed by atoms with Gasteiger partial charge < -0.3 is 15.4 Å². The maximum atomic E-state index is 13.3. The second kappa shape index (κ2) is 9.14. The fourth-order valence-electron chi connectivity index (χ4n) is 5.65. The van der Waals surface area contributed by atoms with Crippen LogP contribution < -0.4 is 15.4 Å². The fraction of sp³-hybridized carbons (Fsp3) is 0.423. The first-order valence-electron chi connectivity index (χ1n) is 12.7. The van der Waals surface area contributed by atoms with Crippen LogP contribution in [0.3, 0.4) is 0 Å². The molecule has 11 heteroatoms. The molecule has 2 aliphatic rings.